The van der Waals surface area contributed by atoms with Crippen LogP contribution in [0.1, 0.15) is 25.3 Å². The molecule has 0 bridgehead atoms. The van der Waals surface area contributed by atoms with Gasteiger partial charge in [-0.2, -0.15) is 0 Å². The van der Waals surface area contributed by atoms with Gasteiger partial charge < -0.3 is 20.1 Å². The summed E-state index contributed by atoms with van der Waals surface area (Å²) in [6.45, 7) is 4.84. The summed E-state index contributed by atoms with van der Waals surface area (Å²) in [5.74, 6) is 2.87. The van der Waals surface area contributed by atoms with Gasteiger partial charge in [0.2, 0.25) is 0 Å². The van der Waals surface area contributed by atoms with Crippen LogP contribution in [0, 0.1) is 5.92 Å². The molecule has 1 aromatic rings. The first-order valence-corrected chi connectivity index (χ1v) is 7.39. The molecule has 0 aliphatic carbocycles. The average molecular weight is 419 g/mol. The number of nitrogens with zero attached hydrogens (tertiary/aromatic N) is 2. The van der Waals surface area contributed by atoms with Crippen LogP contribution in [0.2, 0.25) is 0 Å². The van der Waals surface area contributed by atoms with Crippen molar-refractivity contribution in [2.75, 3.05) is 27.3 Å². The molecule has 0 radical (unpaired) electrons. The minimum Gasteiger partial charge on any atom is -0.493 e. The third-order valence-electron chi connectivity index (χ3n) is 3.98. The second-order valence-corrected chi connectivity index (χ2v) is 5.53. The fourth-order valence-electron chi connectivity index (χ4n) is 2.49. The minimum absolute atomic E-state index is 0. The number of ether oxygens (including phenoxy) is 2. The van der Waals surface area contributed by atoms with Crippen LogP contribution in [0.3, 0.4) is 0 Å². The summed E-state index contributed by atoms with van der Waals surface area (Å²) < 4.78 is 10.5. The molecule has 22 heavy (non-hydrogen) atoms. The molecule has 1 heterocycles. The highest BCUT2D eigenvalue weighted by Gasteiger charge is 2.16. The number of guanidine groups is 1. The Bertz CT molecular complexity index is 500. The predicted octanol–water partition coefficient (Wildman–Crippen LogP) is 2.87. The van der Waals surface area contributed by atoms with Gasteiger partial charge in [0.25, 0.3) is 0 Å². The number of likely N-dealkylation sites (tertiary alicyclic amines) is 1. The van der Waals surface area contributed by atoms with E-state index in [0.717, 1.165) is 36.1 Å². The largest absolute Gasteiger partial charge is 0.493 e. The van der Waals surface area contributed by atoms with E-state index in [1.165, 1.54) is 12.8 Å². The monoisotopic (exact) mass is 419 g/mol. The van der Waals surface area contributed by atoms with Crippen molar-refractivity contribution in [3.8, 4) is 11.5 Å². The average Bonchev–Trinajstić information content (AvgIpc) is 2.52. The quantitative estimate of drug-likeness (QED) is 0.463. The third-order valence-corrected chi connectivity index (χ3v) is 3.98. The number of halogens is 1. The SMILES string of the molecule is COc1ccc(CN=C(N)N2CCC(C)CC2)cc1OC.I. The number of benzene rings is 1. The standard InChI is InChI=1S/C16H25N3O2.HI/c1-12-6-8-19(9-7-12)16(17)18-11-13-4-5-14(20-2)15(10-13)21-3;/h4-5,10,12H,6-9,11H2,1-3H3,(H2,17,18);1H. The zero-order valence-corrected chi connectivity index (χ0v) is 15.9. The van der Waals surface area contributed by atoms with Crippen molar-refractivity contribution in [1.82, 2.24) is 4.90 Å². The van der Waals surface area contributed by atoms with Crippen molar-refractivity contribution in [1.29, 1.82) is 0 Å². The van der Waals surface area contributed by atoms with Crippen LogP contribution >= 0.6 is 24.0 Å². The predicted molar refractivity (Wildman–Crippen MR) is 100 cm³/mol. The van der Waals surface area contributed by atoms with Crippen LogP contribution in [0.4, 0.5) is 0 Å². The minimum atomic E-state index is 0. The summed E-state index contributed by atoms with van der Waals surface area (Å²) in [6.07, 6.45) is 2.37. The summed E-state index contributed by atoms with van der Waals surface area (Å²) in [7, 11) is 3.26. The first kappa shape index (κ1) is 18.9. The van der Waals surface area contributed by atoms with Gasteiger partial charge in [0, 0.05) is 13.1 Å². The van der Waals surface area contributed by atoms with Crippen molar-refractivity contribution in [2.24, 2.45) is 16.6 Å². The molecule has 0 unspecified atom stereocenters. The Kier molecular flexibility index (Phi) is 7.78. The van der Waals surface area contributed by atoms with E-state index in [2.05, 4.69) is 16.8 Å². The smallest absolute Gasteiger partial charge is 0.191 e. The van der Waals surface area contributed by atoms with Crippen LogP contribution in [0.25, 0.3) is 0 Å². The van der Waals surface area contributed by atoms with E-state index in [0.29, 0.717) is 12.5 Å². The molecule has 1 aliphatic rings. The zero-order valence-electron chi connectivity index (χ0n) is 13.5. The second kappa shape index (κ2) is 9.07. The summed E-state index contributed by atoms with van der Waals surface area (Å²) in [4.78, 5) is 6.67. The van der Waals surface area contributed by atoms with Gasteiger partial charge in [-0.25, -0.2) is 4.99 Å². The first-order chi connectivity index (χ1) is 10.1. The van der Waals surface area contributed by atoms with Gasteiger partial charge in [0.1, 0.15) is 0 Å². The number of nitrogens with two attached hydrogens (primary N) is 1. The zero-order chi connectivity index (χ0) is 15.2. The number of aliphatic imine (C=N–C) groups is 1. The van der Waals surface area contributed by atoms with Crippen LogP contribution in [0.5, 0.6) is 11.5 Å². The van der Waals surface area contributed by atoms with Crippen molar-refractivity contribution in [3.05, 3.63) is 23.8 Å². The molecular weight excluding hydrogens is 393 g/mol. The fraction of sp³-hybridized carbons (Fsp3) is 0.562. The highest BCUT2D eigenvalue weighted by Crippen LogP contribution is 2.27. The molecule has 1 aliphatic heterocycles. The van der Waals surface area contributed by atoms with Gasteiger partial charge in [-0.1, -0.05) is 13.0 Å². The Morgan fingerprint density at radius 3 is 2.45 bits per heavy atom. The molecule has 2 N–H and O–H groups in total. The van der Waals surface area contributed by atoms with Gasteiger partial charge >= 0.3 is 0 Å². The Morgan fingerprint density at radius 1 is 1.23 bits per heavy atom. The highest BCUT2D eigenvalue weighted by atomic mass is 127. The Balaban J connectivity index is 0.00000242. The Labute approximate surface area is 149 Å². The summed E-state index contributed by atoms with van der Waals surface area (Å²) in [5, 5.41) is 0. The number of hydrogen-bond acceptors (Lipinski definition) is 3. The maximum Gasteiger partial charge on any atom is 0.191 e. The van der Waals surface area contributed by atoms with E-state index in [4.69, 9.17) is 15.2 Å². The van der Waals surface area contributed by atoms with E-state index < -0.39 is 0 Å². The normalized spacial score (nSPS) is 16.1. The molecule has 0 aromatic heterocycles. The van der Waals surface area contributed by atoms with Crippen LogP contribution in [-0.4, -0.2) is 38.2 Å². The molecule has 0 amide bonds. The van der Waals surface area contributed by atoms with Gasteiger partial charge in [-0.3, -0.25) is 0 Å². The molecule has 1 aromatic carbocycles. The van der Waals surface area contributed by atoms with Crippen LogP contribution in [0.15, 0.2) is 23.2 Å². The lowest BCUT2D eigenvalue weighted by Crippen LogP contribution is -2.42. The molecule has 2 rings (SSSR count). The van der Waals surface area contributed by atoms with Gasteiger partial charge in [-0.05, 0) is 36.5 Å². The van der Waals surface area contributed by atoms with Crippen molar-refractivity contribution in [3.63, 3.8) is 0 Å². The maximum absolute atomic E-state index is 6.09. The first-order valence-electron chi connectivity index (χ1n) is 7.39. The lowest BCUT2D eigenvalue weighted by molar-refractivity contribution is 0.277. The summed E-state index contributed by atoms with van der Waals surface area (Å²) in [6, 6.07) is 5.81. The topological polar surface area (TPSA) is 60.1 Å². The molecule has 5 nitrogen and oxygen atoms in total. The molecule has 0 spiro atoms. The molecular formula is C16H26IN3O2. The molecule has 6 heteroatoms. The summed E-state index contributed by atoms with van der Waals surface area (Å²) >= 11 is 0. The molecule has 0 atom stereocenters. The van der Waals surface area contributed by atoms with Gasteiger partial charge in [-0.15, -0.1) is 24.0 Å². The van der Waals surface area contributed by atoms with Gasteiger partial charge in [0.15, 0.2) is 17.5 Å². The van der Waals surface area contributed by atoms with E-state index >= 15 is 0 Å². The highest BCUT2D eigenvalue weighted by molar-refractivity contribution is 14.0. The molecule has 1 fully saturated rings. The van der Waals surface area contributed by atoms with Crippen molar-refractivity contribution >= 4 is 29.9 Å². The molecule has 1 saturated heterocycles. The maximum atomic E-state index is 6.09. The van der Waals surface area contributed by atoms with E-state index in [9.17, 15) is 0 Å². The van der Waals surface area contributed by atoms with Crippen molar-refractivity contribution < 1.29 is 9.47 Å². The van der Waals surface area contributed by atoms with E-state index in [1.54, 1.807) is 14.2 Å². The van der Waals surface area contributed by atoms with Crippen LogP contribution < -0.4 is 15.2 Å². The Morgan fingerprint density at radius 2 is 1.86 bits per heavy atom. The number of rotatable bonds is 4. The third kappa shape index (κ3) is 4.93. The molecule has 0 saturated carbocycles. The lowest BCUT2D eigenvalue weighted by atomic mass is 10.00. The van der Waals surface area contributed by atoms with E-state index in [1.807, 2.05) is 18.2 Å². The number of hydrogen-bond donors (Lipinski definition) is 1. The number of methoxy groups -OCH3 is 2. The van der Waals surface area contributed by atoms with Gasteiger partial charge in [0.05, 0.1) is 20.8 Å². The Hall–Kier alpha value is -1.18. The van der Waals surface area contributed by atoms with Crippen molar-refractivity contribution in [2.45, 2.75) is 26.3 Å². The second-order valence-electron chi connectivity index (χ2n) is 5.53. The number of piperidine rings is 1. The lowest BCUT2D eigenvalue weighted by Gasteiger charge is -2.31. The van der Waals surface area contributed by atoms with E-state index in [-0.39, 0.29) is 24.0 Å². The van der Waals surface area contributed by atoms with Crippen LogP contribution in [-0.2, 0) is 6.54 Å². The fourth-order valence-corrected chi connectivity index (χ4v) is 2.49. The molecule has 124 valence electrons. The summed E-state index contributed by atoms with van der Waals surface area (Å²) in [5.41, 5.74) is 7.14.